The van der Waals surface area contributed by atoms with Crippen LogP contribution in [0.3, 0.4) is 0 Å². The molecule has 0 radical (unpaired) electrons. The molecule has 3 N–H and O–H groups in total. The Morgan fingerprint density at radius 3 is 2.46 bits per heavy atom. The Morgan fingerprint density at radius 2 is 1.75 bits per heavy atom. The van der Waals surface area contributed by atoms with Crippen LogP contribution in [0.1, 0.15) is 23.2 Å². The van der Waals surface area contributed by atoms with E-state index in [-0.39, 0.29) is 24.3 Å². The van der Waals surface area contributed by atoms with E-state index in [4.69, 9.17) is 0 Å². The van der Waals surface area contributed by atoms with Crippen LogP contribution < -0.4 is 20.9 Å². The topological polar surface area (TPSA) is 90.5 Å². The van der Waals surface area contributed by atoms with Crippen LogP contribution in [0.15, 0.2) is 54.6 Å². The summed E-state index contributed by atoms with van der Waals surface area (Å²) in [5.41, 5.74) is 1.17. The van der Waals surface area contributed by atoms with Gasteiger partial charge in [-0.3, -0.25) is 14.4 Å². The number of hydrogen-bond acceptors (Lipinski definition) is 4. The van der Waals surface area contributed by atoms with Gasteiger partial charge in [0.2, 0.25) is 5.91 Å². The van der Waals surface area contributed by atoms with Gasteiger partial charge in [-0.15, -0.1) is 0 Å². The summed E-state index contributed by atoms with van der Waals surface area (Å²) in [6.45, 7) is 0.286. The molecule has 1 aliphatic heterocycles. The number of benzene rings is 2. The third-order valence-electron chi connectivity index (χ3n) is 5.27. The Bertz CT molecular complexity index is 924. The second kappa shape index (κ2) is 6.99. The van der Waals surface area contributed by atoms with Crippen molar-refractivity contribution in [2.24, 2.45) is 0 Å². The number of amides is 3. The maximum Gasteiger partial charge on any atom is 0.252 e. The van der Waals surface area contributed by atoms with Gasteiger partial charge in [0.1, 0.15) is 11.6 Å². The number of para-hydroxylation sites is 2. The van der Waals surface area contributed by atoms with Crippen LogP contribution in [-0.4, -0.2) is 42.9 Å². The number of hydrogen-bond donors (Lipinski definition) is 3. The fourth-order valence-corrected chi connectivity index (χ4v) is 3.39. The molecule has 7 heteroatoms. The molecular formula is C21H22N4O3. The standard InChI is InChI=1S/C21H22N4O3/c1-25-17-10-6-5-9-15(17)22-13-16(19(25)27)23-20(28)21(11-12-21)24-18(26)14-7-3-2-4-8-14/h2-10,16,22H,11-13H2,1H3,(H,23,28)(H,24,26)/t16-/m1/s1. The quantitative estimate of drug-likeness (QED) is 0.752. The van der Waals surface area contributed by atoms with Gasteiger partial charge in [0, 0.05) is 19.2 Å². The van der Waals surface area contributed by atoms with E-state index in [0.717, 1.165) is 11.4 Å². The first-order valence-electron chi connectivity index (χ1n) is 9.29. The lowest BCUT2D eigenvalue weighted by Crippen LogP contribution is -2.56. The van der Waals surface area contributed by atoms with Gasteiger partial charge in [0.25, 0.3) is 11.8 Å². The van der Waals surface area contributed by atoms with Crippen molar-refractivity contribution < 1.29 is 14.4 Å². The van der Waals surface area contributed by atoms with Crippen molar-refractivity contribution in [3.63, 3.8) is 0 Å². The van der Waals surface area contributed by atoms with Crippen LogP contribution >= 0.6 is 0 Å². The van der Waals surface area contributed by atoms with Gasteiger partial charge in [-0.25, -0.2) is 0 Å². The summed E-state index contributed by atoms with van der Waals surface area (Å²) in [6, 6.07) is 15.6. The van der Waals surface area contributed by atoms with Crippen LogP contribution in [0, 0.1) is 0 Å². The van der Waals surface area contributed by atoms with Crippen molar-refractivity contribution in [2.75, 3.05) is 23.8 Å². The fraction of sp³-hybridized carbons (Fsp3) is 0.286. The summed E-state index contributed by atoms with van der Waals surface area (Å²) in [5.74, 6) is -0.810. The highest BCUT2D eigenvalue weighted by molar-refractivity contribution is 6.05. The van der Waals surface area contributed by atoms with Gasteiger partial charge in [-0.2, -0.15) is 0 Å². The van der Waals surface area contributed by atoms with Crippen molar-refractivity contribution >= 4 is 29.1 Å². The molecule has 2 aliphatic rings. The summed E-state index contributed by atoms with van der Waals surface area (Å²) in [5, 5.41) is 8.88. The lowest BCUT2D eigenvalue weighted by atomic mass is 10.1. The van der Waals surface area contributed by atoms with Gasteiger partial charge in [0.05, 0.1) is 11.4 Å². The zero-order valence-electron chi connectivity index (χ0n) is 15.6. The molecule has 0 unspecified atom stereocenters. The number of fused-ring (bicyclic) bond motifs is 1. The van der Waals surface area contributed by atoms with E-state index in [1.54, 1.807) is 36.2 Å². The Balaban J connectivity index is 1.45. The van der Waals surface area contributed by atoms with E-state index in [0.29, 0.717) is 18.4 Å². The Labute approximate surface area is 163 Å². The number of nitrogens with one attached hydrogen (secondary N) is 3. The van der Waals surface area contributed by atoms with Gasteiger partial charge in [0.15, 0.2) is 0 Å². The Hall–Kier alpha value is -3.35. The SMILES string of the molecule is CN1C(=O)[C@H](NC(=O)C2(NC(=O)c3ccccc3)CC2)CNc2ccccc21. The lowest BCUT2D eigenvalue weighted by Gasteiger charge is -2.24. The van der Waals surface area contributed by atoms with E-state index < -0.39 is 11.6 Å². The first-order valence-corrected chi connectivity index (χ1v) is 9.29. The minimum atomic E-state index is -0.940. The molecule has 1 atom stereocenters. The monoisotopic (exact) mass is 378 g/mol. The van der Waals surface area contributed by atoms with Crippen LogP contribution in [0.5, 0.6) is 0 Å². The van der Waals surface area contributed by atoms with Gasteiger partial charge in [-0.05, 0) is 37.1 Å². The minimum absolute atomic E-state index is 0.198. The number of carbonyl (C=O) groups excluding carboxylic acids is 3. The molecule has 0 spiro atoms. The summed E-state index contributed by atoms with van der Waals surface area (Å²) in [4.78, 5) is 39.7. The summed E-state index contributed by atoms with van der Waals surface area (Å²) in [7, 11) is 1.69. The van der Waals surface area contributed by atoms with Gasteiger partial charge < -0.3 is 20.9 Å². The first-order chi connectivity index (χ1) is 13.5. The second-order valence-electron chi connectivity index (χ2n) is 7.22. The number of rotatable bonds is 4. The molecule has 0 saturated heterocycles. The molecule has 0 bridgehead atoms. The lowest BCUT2D eigenvalue weighted by molar-refractivity contribution is -0.128. The number of nitrogens with zero attached hydrogens (tertiary/aromatic N) is 1. The van der Waals surface area contributed by atoms with Crippen LogP contribution in [0.25, 0.3) is 0 Å². The fourth-order valence-electron chi connectivity index (χ4n) is 3.39. The summed E-state index contributed by atoms with van der Waals surface area (Å²) in [6.07, 6.45) is 1.11. The first kappa shape index (κ1) is 18.0. The highest BCUT2D eigenvalue weighted by Gasteiger charge is 2.52. The highest BCUT2D eigenvalue weighted by atomic mass is 16.2. The van der Waals surface area contributed by atoms with E-state index in [2.05, 4.69) is 16.0 Å². The molecule has 0 aromatic heterocycles. The van der Waals surface area contributed by atoms with E-state index in [9.17, 15) is 14.4 Å². The number of likely N-dealkylation sites (N-methyl/N-ethyl adjacent to an activating group) is 1. The summed E-state index contributed by atoms with van der Waals surface area (Å²) < 4.78 is 0. The van der Waals surface area contributed by atoms with Crippen molar-refractivity contribution in [3.8, 4) is 0 Å². The summed E-state index contributed by atoms with van der Waals surface area (Å²) >= 11 is 0. The van der Waals surface area contributed by atoms with E-state index in [1.165, 1.54) is 0 Å². The molecule has 1 aliphatic carbocycles. The molecule has 4 rings (SSSR count). The maximum atomic E-state index is 12.9. The zero-order valence-corrected chi connectivity index (χ0v) is 15.6. The molecule has 3 amide bonds. The van der Waals surface area contributed by atoms with Crippen LogP contribution in [0.2, 0.25) is 0 Å². The predicted molar refractivity (Wildman–Crippen MR) is 106 cm³/mol. The molecule has 1 saturated carbocycles. The van der Waals surface area contributed by atoms with Gasteiger partial charge >= 0.3 is 0 Å². The molecular weight excluding hydrogens is 356 g/mol. The molecule has 28 heavy (non-hydrogen) atoms. The van der Waals surface area contributed by atoms with Crippen molar-refractivity contribution in [1.29, 1.82) is 0 Å². The number of carbonyl (C=O) groups is 3. The minimum Gasteiger partial charge on any atom is -0.381 e. The molecule has 7 nitrogen and oxygen atoms in total. The third-order valence-corrected chi connectivity index (χ3v) is 5.27. The Kier molecular flexibility index (Phi) is 4.50. The molecule has 2 aromatic carbocycles. The van der Waals surface area contributed by atoms with E-state index in [1.807, 2.05) is 30.3 Å². The molecule has 2 aromatic rings. The van der Waals surface area contributed by atoms with Crippen molar-refractivity contribution in [1.82, 2.24) is 10.6 Å². The van der Waals surface area contributed by atoms with Crippen LogP contribution in [0.4, 0.5) is 11.4 Å². The molecule has 1 heterocycles. The third kappa shape index (κ3) is 3.31. The zero-order chi connectivity index (χ0) is 19.7. The highest BCUT2D eigenvalue weighted by Crippen LogP contribution is 2.36. The largest absolute Gasteiger partial charge is 0.381 e. The molecule has 1 fully saturated rings. The maximum absolute atomic E-state index is 12.9. The van der Waals surface area contributed by atoms with E-state index >= 15 is 0 Å². The van der Waals surface area contributed by atoms with Crippen molar-refractivity contribution in [2.45, 2.75) is 24.4 Å². The number of anilines is 2. The average molecular weight is 378 g/mol. The average Bonchev–Trinajstić information content (AvgIpc) is 3.52. The van der Waals surface area contributed by atoms with Crippen LogP contribution in [-0.2, 0) is 9.59 Å². The second-order valence-corrected chi connectivity index (χ2v) is 7.22. The smallest absolute Gasteiger partial charge is 0.252 e. The molecule has 144 valence electrons. The normalized spacial score (nSPS) is 19.7. The van der Waals surface area contributed by atoms with Gasteiger partial charge in [-0.1, -0.05) is 30.3 Å². The van der Waals surface area contributed by atoms with Crippen molar-refractivity contribution in [3.05, 3.63) is 60.2 Å². The Morgan fingerprint density at radius 1 is 1.07 bits per heavy atom. The predicted octanol–water partition coefficient (Wildman–Crippen LogP) is 1.52.